The van der Waals surface area contributed by atoms with E-state index in [1.165, 1.54) is 18.3 Å². The lowest BCUT2D eigenvalue weighted by atomic mass is 10.0. The summed E-state index contributed by atoms with van der Waals surface area (Å²) in [6, 6.07) is 15.5. The van der Waals surface area contributed by atoms with Crippen LogP contribution in [-0.2, 0) is 4.79 Å². The molecule has 7 heteroatoms. The van der Waals surface area contributed by atoms with Crippen molar-refractivity contribution in [2.45, 2.75) is 12.5 Å². The van der Waals surface area contributed by atoms with Gasteiger partial charge in [0.15, 0.2) is 11.8 Å². The minimum Gasteiger partial charge on any atom is -0.480 e. The second kappa shape index (κ2) is 7.76. The summed E-state index contributed by atoms with van der Waals surface area (Å²) in [7, 11) is 0. The zero-order chi connectivity index (χ0) is 19.4. The van der Waals surface area contributed by atoms with Crippen molar-refractivity contribution < 1.29 is 19.5 Å². The van der Waals surface area contributed by atoms with Crippen LogP contribution in [0.1, 0.15) is 27.1 Å². The molecule has 0 bridgehead atoms. The highest BCUT2D eigenvalue weighted by molar-refractivity contribution is 6.02. The summed E-state index contributed by atoms with van der Waals surface area (Å²) in [4.78, 5) is 40.8. The van der Waals surface area contributed by atoms with E-state index in [1.807, 2.05) is 24.3 Å². The Morgan fingerprint density at radius 3 is 2.37 bits per heavy atom. The molecule has 1 atom stereocenters. The van der Waals surface area contributed by atoms with Crippen molar-refractivity contribution in [2.24, 2.45) is 5.84 Å². The van der Waals surface area contributed by atoms with E-state index in [4.69, 9.17) is 5.84 Å². The van der Waals surface area contributed by atoms with Crippen LogP contribution in [0, 0.1) is 0 Å². The Kier molecular flexibility index (Phi) is 5.23. The highest BCUT2D eigenvalue weighted by Crippen LogP contribution is 2.16. The molecular formula is C20H17N3O4. The van der Waals surface area contributed by atoms with Crippen LogP contribution in [0.2, 0.25) is 0 Å². The summed E-state index contributed by atoms with van der Waals surface area (Å²) >= 11 is 0. The molecule has 136 valence electrons. The molecule has 7 nitrogen and oxygen atoms in total. The second-order valence-corrected chi connectivity index (χ2v) is 5.98. The van der Waals surface area contributed by atoms with Crippen LogP contribution in [0.15, 0.2) is 66.9 Å². The number of hydrazine groups is 1. The highest BCUT2D eigenvalue weighted by Gasteiger charge is 2.31. The molecule has 3 N–H and O–H groups in total. The maximum Gasteiger partial charge on any atom is 0.328 e. The number of fused-ring (bicyclic) bond motifs is 1. The van der Waals surface area contributed by atoms with Gasteiger partial charge >= 0.3 is 5.97 Å². The lowest BCUT2D eigenvalue weighted by molar-refractivity contribution is -0.142. The number of carbonyl (C=O) groups excluding carboxylic acids is 2. The smallest absolute Gasteiger partial charge is 0.328 e. The van der Waals surface area contributed by atoms with Gasteiger partial charge in [-0.1, -0.05) is 36.4 Å². The van der Waals surface area contributed by atoms with Gasteiger partial charge in [0.25, 0.3) is 5.91 Å². The molecule has 0 saturated carbocycles. The van der Waals surface area contributed by atoms with Crippen LogP contribution in [0.25, 0.3) is 10.9 Å². The first-order valence-corrected chi connectivity index (χ1v) is 8.21. The minimum absolute atomic E-state index is 0.242. The number of carboxylic acids is 1. The molecule has 0 unspecified atom stereocenters. The van der Waals surface area contributed by atoms with E-state index >= 15 is 0 Å². The highest BCUT2D eigenvalue weighted by atomic mass is 16.4. The van der Waals surface area contributed by atoms with Crippen molar-refractivity contribution in [3.63, 3.8) is 0 Å². The number of Topliss-reactive ketones (excluding diaryl/α,β-unsaturated/α-hetero) is 1. The van der Waals surface area contributed by atoms with E-state index in [9.17, 15) is 19.5 Å². The lowest BCUT2D eigenvalue weighted by Crippen LogP contribution is -2.50. The van der Waals surface area contributed by atoms with Crippen LogP contribution in [0.4, 0.5) is 0 Å². The van der Waals surface area contributed by atoms with Crippen molar-refractivity contribution in [1.82, 2.24) is 9.99 Å². The Bertz CT molecular complexity index is 1000. The number of nitrogens with two attached hydrogens (primary N) is 1. The standard InChI is InChI=1S/C20H17N3O4/c21-23(19(25)13-6-2-1-3-7-13)17(20(26)27)11-18(24)15-10-14-8-4-5-9-16(14)22-12-15/h1-10,12,17H,11,21H2,(H,26,27)/t17-/m0/s1. The first kappa shape index (κ1) is 18.2. The average molecular weight is 363 g/mol. The zero-order valence-electron chi connectivity index (χ0n) is 14.3. The molecule has 0 saturated heterocycles. The summed E-state index contributed by atoms with van der Waals surface area (Å²) in [6.45, 7) is 0. The molecule has 1 amide bonds. The number of carboxylic acid groups (broad SMARTS) is 1. The molecule has 1 heterocycles. The average Bonchev–Trinajstić information content (AvgIpc) is 2.70. The van der Waals surface area contributed by atoms with Gasteiger partial charge < -0.3 is 5.11 Å². The molecule has 2 aromatic carbocycles. The van der Waals surface area contributed by atoms with Crippen molar-refractivity contribution in [3.8, 4) is 0 Å². The van der Waals surface area contributed by atoms with Crippen molar-refractivity contribution >= 4 is 28.6 Å². The number of aliphatic carboxylic acids is 1. The molecule has 0 radical (unpaired) electrons. The maximum absolute atomic E-state index is 12.6. The van der Waals surface area contributed by atoms with Crippen molar-refractivity contribution in [1.29, 1.82) is 0 Å². The van der Waals surface area contributed by atoms with E-state index < -0.39 is 30.1 Å². The number of para-hydroxylation sites is 1. The number of amides is 1. The summed E-state index contributed by atoms with van der Waals surface area (Å²) < 4.78 is 0. The van der Waals surface area contributed by atoms with E-state index in [0.717, 1.165) is 10.9 Å². The SMILES string of the molecule is NN(C(=O)c1ccccc1)[C@@H](CC(=O)c1cnc2ccccc2c1)C(=O)O. The summed E-state index contributed by atoms with van der Waals surface area (Å²) in [5.41, 5.74) is 1.23. The Labute approximate surface area is 155 Å². The molecule has 0 spiro atoms. The molecule has 0 fully saturated rings. The number of hydrogen-bond donors (Lipinski definition) is 2. The van der Waals surface area contributed by atoms with E-state index in [-0.39, 0.29) is 11.1 Å². The summed E-state index contributed by atoms with van der Waals surface area (Å²) in [5.74, 6) is 3.25. The van der Waals surface area contributed by atoms with E-state index in [0.29, 0.717) is 5.01 Å². The van der Waals surface area contributed by atoms with Gasteiger partial charge in [0.2, 0.25) is 0 Å². The Balaban J connectivity index is 1.81. The van der Waals surface area contributed by atoms with Crippen LogP contribution in [-0.4, -0.2) is 38.8 Å². The maximum atomic E-state index is 12.6. The van der Waals surface area contributed by atoms with Gasteiger partial charge in [0.1, 0.15) is 0 Å². The fourth-order valence-corrected chi connectivity index (χ4v) is 2.69. The zero-order valence-corrected chi connectivity index (χ0v) is 14.3. The first-order chi connectivity index (χ1) is 13.0. The third-order valence-electron chi connectivity index (χ3n) is 4.17. The molecular weight excluding hydrogens is 346 g/mol. The number of ketones is 1. The van der Waals surface area contributed by atoms with Gasteiger partial charge in [-0.2, -0.15) is 0 Å². The normalized spacial score (nSPS) is 11.7. The first-order valence-electron chi connectivity index (χ1n) is 8.21. The Hall–Kier alpha value is -3.58. The molecule has 0 aliphatic carbocycles. The third-order valence-corrected chi connectivity index (χ3v) is 4.17. The molecule has 3 rings (SSSR count). The predicted octanol–water partition coefficient (Wildman–Crippen LogP) is 2.28. The fraction of sp³-hybridized carbons (Fsp3) is 0.100. The summed E-state index contributed by atoms with van der Waals surface area (Å²) in [6.07, 6.45) is 0.938. The quantitative estimate of drug-likeness (QED) is 0.301. The molecule has 3 aromatic rings. The van der Waals surface area contributed by atoms with Crippen LogP contribution in [0.5, 0.6) is 0 Å². The van der Waals surface area contributed by atoms with Crippen LogP contribution in [0.3, 0.4) is 0 Å². The van der Waals surface area contributed by atoms with Crippen molar-refractivity contribution in [2.75, 3.05) is 0 Å². The number of aromatic nitrogens is 1. The van der Waals surface area contributed by atoms with Gasteiger partial charge in [-0.05, 0) is 24.3 Å². The van der Waals surface area contributed by atoms with Crippen molar-refractivity contribution in [3.05, 3.63) is 78.0 Å². The third kappa shape index (κ3) is 3.99. The van der Waals surface area contributed by atoms with Crippen LogP contribution < -0.4 is 5.84 Å². The second-order valence-electron chi connectivity index (χ2n) is 5.98. The lowest BCUT2D eigenvalue weighted by Gasteiger charge is -2.23. The topological polar surface area (TPSA) is 114 Å². The predicted molar refractivity (Wildman–Crippen MR) is 98.9 cm³/mol. The number of pyridine rings is 1. The minimum atomic E-state index is -1.49. The molecule has 1 aromatic heterocycles. The molecule has 27 heavy (non-hydrogen) atoms. The number of hydrogen-bond acceptors (Lipinski definition) is 5. The number of nitrogens with zero attached hydrogens (tertiary/aromatic N) is 2. The number of benzene rings is 2. The van der Waals surface area contributed by atoms with E-state index in [2.05, 4.69) is 4.98 Å². The largest absolute Gasteiger partial charge is 0.480 e. The van der Waals surface area contributed by atoms with Gasteiger partial charge in [-0.15, -0.1) is 0 Å². The fourth-order valence-electron chi connectivity index (χ4n) is 2.69. The Morgan fingerprint density at radius 2 is 1.67 bits per heavy atom. The monoisotopic (exact) mass is 363 g/mol. The van der Waals surface area contributed by atoms with E-state index in [1.54, 1.807) is 24.3 Å². The van der Waals surface area contributed by atoms with Gasteiger partial charge in [-0.25, -0.2) is 10.6 Å². The van der Waals surface area contributed by atoms with Crippen LogP contribution >= 0.6 is 0 Å². The number of carbonyl (C=O) groups is 3. The molecule has 0 aliphatic heterocycles. The Morgan fingerprint density at radius 1 is 1.00 bits per heavy atom. The van der Waals surface area contributed by atoms with Gasteiger partial charge in [0, 0.05) is 29.1 Å². The molecule has 0 aliphatic rings. The van der Waals surface area contributed by atoms with Gasteiger partial charge in [-0.3, -0.25) is 19.6 Å². The van der Waals surface area contributed by atoms with Gasteiger partial charge in [0.05, 0.1) is 5.52 Å². The number of rotatable bonds is 6. The summed E-state index contributed by atoms with van der Waals surface area (Å²) in [5, 5.41) is 10.8.